The Morgan fingerprint density at radius 2 is 1.32 bits per heavy atom. The van der Waals surface area contributed by atoms with Crippen molar-refractivity contribution in [2.45, 2.75) is 156 Å². The van der Waals surface area contributed by atoms with E-state index in [0.29, 0.717) is 0 Å². The SMILES string of the molecule is CCCCCCCCC(CCCCCC)CC1(CCC(C)CCCC(C)C)Oc2ccsc2-c2sccc21. The van der Waals surface area contributed by atoms with Gasteiger partial charge in [0, 0.05) is 5.56 Å². The average Bonchev–Trinajstić information content (AvgIpc) is 3.57. The highest BCUT2D eigenvalue weighted by Gasteiger charge is 2.43. The molecule has 3 atom stereocenters. The number of hydrogen-bond acceptors (Lipinski definition) is 3. The molecule has 0 saturated carbocycles. The van der Waals surface area contributed by atoms with Gasteiger partial charge in [0.25, 0.3) is 0 Å². The van der Waals surface area contributed by atoms with Crippen molar-refractivity contribution in [1.82, 2.24) is 0 Å². The first-order chi connectivity index (χ1) is 18.5. The Morgan fingerprint density at radius 1 is 0.684 bits per heavy atom. The Labute approximate surface area is 244 Å². The summed E-state index contributed by atoms with van der Waals surface area (Å²) >= 11 is 3.80. The van der Waals surface area contributed by atoms with Crippen LogP contribution in [0.25, 0.3) is 9.75 Å². The van der Waals surface area contributed by atoms with E-state index < -0.39 is 0 Å². The van der Waals surface area contributed by atoms with Crippen molar-refractivity contribution in [2.24, 2.45) is 17.8 Å². The molecule has 0 amide bonds. The molecule has 0 spiro atoms. The number of rotatable bonds is 21. The molecule has 0 fully saturated rings. The zero-order valence-electron chi connectivity index (χ0n) is 25.5. The smallest absolute Gasteiger partial charge is 0.140 e. The topological polar surface area (TPSA) is 9.23 Å². The molecule has 38 heavy (non-hydrogen) atoms. The van der Waals surface area contributed by atoms with Crippen LogP contribution >= 0.6 is 22.7 Å². The van der Waals surface area contributed by atoms with Gasteiger partial charge in [-0.25, -0.2) is 0 Å². The van der Waals surface area contributed by atoms with Gasteiger partial charge < -0.3 is 4.74 Å². The number of fused-ring (bicyclic) bond motifs is 3. The van der Waals surface area contributed by atoms with E-state index in [9.17, 15) is 0 Å². The maximum atomic E-state index is 7.17. The highest BCUT2D eigenvalue weighted by molar-refractivity contribution is 7.20. The molecule has 216 valence electrons. The van der Waals surface area contributed by atoms with Crippen molar-refractivity contribution in [3.05, 3.63) is 28.5 Å². The van der Waals surface area contributed by atoms with Crippen molar-refractivity contribution in [3.63, 3.8) is 0 Å². The van der Waals surface area contributed by atoms with Crippen LogP contribution in [0.4, 0.5) is 0 Å². The van der Waals surface area contributed by atoms with E-state index in [0.717, 1.165) is 29.9 Å². The highest BCUT2D eigenvalue weighted by atomic mass is 32.1. The van der Waals surface area contributed by atoms with Gasteiger partial charge in [0.2, 0.25) is 0 Å². The van der Waals surface area contributed by atoms with Crippen molar-refractivity contribution in [3.8, 4) is 15.5 Å². The Balaban J connectivity index is 1.75. The summed E-state index contributed by atoms with van der Waals surface area (Å²) in [5.41, 5.74) is 1.36. The number of unbranched alkanes of at least 4 members (excludes halogenated alkanes) is 8. The van der Waals surface area contributed by atoms with Crippen LogP contribution < -0.4 is 4.74 Å². The van der Waals surface area contributed by atoms with Crippen molar-refractivity contribution in [1.29, 1.82) is 0 Å². The third-order valence-electron chi connectivity index (χ3n) is 8.87. The van der Waals surface area contributed by atoms with Gasteiger partial charge in [0.05, 0.1) is 9.75 Å². The van der Waals surface area contributed by atoms with Gasteiger partial charge in [-0.2, -0.15) is 0 Å². The molecule has 0 radical (unpaired) electrons. The lowest BCUT2D eigenvalue weighted by molar-refractivity contribution is 0.0186. The van der Waals surface area contributed by atoms with Crippen LogP contribution in [0.5, 0.6) is 5.75 Å². The molecule has 1 aliphatic heterocycles. The van der Waals surface area contributed by atoms with Crippen LogP contribution in [-0.4, -0.2) is 0 Å². The third kappa shape index (κ3) is 9.69. The van der Waals surface area contributed by atoms with Crippen molar-refractivity contribution in [2.75, 3.05) is 0 Å². The van der Waals surface area contributed by atoms with Crippen molar-refractivity contribution >= 4 is 22.7 Å². The minimum absolute atomic E-state index is 0.145. The first-order valence-electron chi connectivity index (χ1n) is 16.3. The minimum atomic E-state index is -0.145. The van der Waals surface area contributed by atoms with Crippen LogP contribution in [0, 0.1) is 17.8 Å². The summed E-state index contributed by atoms with van der Waals surface area (Å²) in [6.07, 6.45) is 24.3. The first kappa shape index (κ1) is 31.7. The molecule has 1 aliphatic rings. The Hall–Kier alpha value is -0.800. The zero-order chi connectivity index (χ0) is 27.2. The largest absolute Gasteiger partial charge is 0.481 e. The fourth-order valence-corrected chi connectivity index (χ4v) is 8.47. The second-order valence-electron chi connectivity index (χ2n) is 12.8. The molecule has 0 aromatic carbocycles. The van der Waals surface area contributed by atoms with Crippen LogP contribution in [-0.2, 0) is 5.60 Å². The second kappa shape index (κ2) is 17.1. The summed E-state index contributed by atoms with van der Waals surface area (Å²) in [6.45, 7) is 11.9. The molecule has 2 aromatic rings. The molecule has 0 bridgehead atoms. The predicted molar refractivity (Wildman–Crippen MR) is 172 cm³/mol. The summed E-state index contributed by atoms with van der Waals surface area (Å²) in [4.78, 5) is 2.86. The molecule has 0 aliphatic carbocycles. The van der Waals surface area contributed by atoms with Crippen LogP contribution in [0.15, 0.2) is 22.9 Å². The molecule has 3 unspecified atom stereocenters. The lowest BCUT2D eigenvalue weighted by Gasteiger charge is -2.41. The van der Waals surface area contributed by atoms with E-state index in [2.05, 4.69) is 57.5 Å². The summed E-state index contributed by atoms with van der Waals surface area (Å²) in [5.74, 6) is 3.50. The Morgan fingerprint density at radius 3 is 2.03 bits per heavy atom. The zero-order valence-corrected chi connectivity index (χ0v) is 27.1. The number of ether oxygens (including phenoxy) is 1. The van der Waals surface area contributed by atoms with Crippen LogP contribution in [0.1, 0.15) is 156 Å². The van der Waals surface area contributed by atoms with Gasteiger partial charge in [-0.05, 0) is 59.9 Å². The van der Waals surface area contributed by atoms with Gasteiger partial charge in [-0.15, -0.1) is 22.7 Å². The molecule has 2 aromatic heterocycles. The third-order valence-corrected chi connectivity index (χ3v) is 10.8. The fraction of sp³-hybridized carbons (Fsp3) is 0.771. The maximum absolute atomic E-state index is 7.17. The molecular formula is C35H58OS2. The predicted octanol–water partition coefficient (Wildman–Crippen LogP) is 13.0. The van der Waals surface area contributed by atoms with Crippen LogP contribution in [0.3, 0.4) is 0 Å². The van der Waals surface area contributed by atoms with E-state index in [1.807, 2.05) is 22.7 Å². The number of thiophene rings is 2. The average molecular weight is 559 g/mol. The molecule has 3 heteroatoms. The van der Waals surface area contributed by atoms with Gasteiger partial charge in [-0.1, -0.05) is 131 Å². The summed E-state index contributed by atoms with van der Waals surface area (Å²) in [7, 11) is 0. The molecule has 3 rings (SSSR count). The van der Waals surface area contributed by atoms with E-state index in [1.54, 1.807) is 0 Å². The molecule has 0 N–H and O–H groups in total. The maximum Gasteiger partial charge on any atom is 0.140 e. The Kier molecular flexibility index (Phi) is 14.3. The quantitative estimate of drug-likeness (QED) is 0.138. The second-order valence-corrected chi connectivity index (χ2v) is 14.7. The summed E-state index contributed by atoms with van der Waals surface area (Å²) < 4.78 is 7.17. The van der Waals surface area contributed by atoms with Gasteiger partial charge in [0.1, 0.15) is 11.4 Å². The first-order valence-corrected chi connectivity index (χ1v) is 18.1. The fourth-order valence-electron chi connectivity index (χ4n) is 6.48. The van der Waals surface area contributed by atoms with Crippen molar-refractivity contribution < 1.29 is 4.74 Å². The monoisotopic (exact) mass is 558 g/mol. The lowest BCUT2D eigenvalue weighted by atomic mass is 9.75. The lowest BCUT2D eigenvalue weighted by Crippen LogP contribution is -2.38. The van der Waals surface area contributed by atoms with E-state index in [4.69, 9.17) is 4.74 Å². The summed E-state index contributed by atoms with van der Waals surface area (Å²) in [6, 6.07) is 4.67. The highest BCUT2D eigenvalue weighted by Crippen LogP contribution is 2.54. The van der Waals surface area contributed by atoms with E-state index in [1.165, 1.54) is 124 Å². The van der Waals surface area contributed by atoms with E-state index >= 15 is 0 Å². The minimum Gasteiger partial charge on any atom is -0.481 e. The molecular weight excluding hydrogens is 501 g/mol. The van der Waals surface area contributed by atoms with E-state index in [-0.39, 0.29) is 5.60 Å². The molecule has 0 saturated heterocycles. The molecule has 3 heterocycles. The van der Waals surface area contributed by atoms with Gasteiger partial charge >= 0.3 is 0 Å². The van der Waals surface area contributed by atoms with Crippen LogP contribution in [0.2, 0.25) is 0 Å². The van der Waals surface area contributed by atoms with Gasteiger partial charge in [-0.3, -0.25) is 0 Å². The molecule has 1 nitrogen and oxygen atoms in total. The summed E-state index contributed by atoms with van der Waals surface area (Å²) in [5, 5.41) is 4.56. The normalized spacial score (nSPS) is 18.3. The standard InChI is InChI=1S/C35H58OS2/c1-6-8-10-12-13-15-20-30(19-14-11-9-7-2)27-35(24-21-29(5)18-16-17-28(3)4)31-22-25-37-33(31)34-32(36-35)23-26-38-34/h22-23,25-26,28-30H,6-21,24,27H2,1-5H3. The Bertz CT molecular complexity index is 880. The van der Waals surface area contributed by atoms with Gasteiger partial charge in [0.15, 0.2) is 0 Å². The number of hydrogen-bond donors (Lipinski definition) is 0.